The molecule has 4 nitrogen and oxygen atoms in total. The molecular weight excluding hydrogens is 334 g/mol. The number of hydrogen-bond donors (Lipinski definition) is 1. The first-order valence-corrected chi connectivity index (χ1v) is 7.72. The van der Waals surface area contributed by atoms with E-state index in [0.29, 0.717) is 0 Å². The number of rotatable bonds is 3. The molecule has 110 valence electrons. The molecule has 1 saturated carbocycles. The summed E-state index contributed by atoms with van der Waals surface area (Å²) in [6, 6.07) is 7.43. The lowest BCUT2D eigenvalue weighted by molar-refractivity contribution is -0.150. The molecule has 0 radical (unpaired) electrons. The van der Waals surface area contributed by atoms with Crippen molar-refractivity contribution in [3.63, 3.8) is 0 Å². The van der Waals surface area contributed by atoms with Crippen LogP contribution in [0.2, 0.25) is 0 Å². The average molecular weight is 350 g/mol. The Balaban J connectivity index is 1.80. The van der Waals surface area contributed by atoms with Crippen LogP contribution >= 0.6 is 15.9 Å². The molecule has 2 aliphatic rings. The molecule has 0 heterocycles. The lowest BCUT2D eigenvalue weighted by Crippen LogP contribution is -2.37. The highest BCUT2D eigenvalue weighted by atomic mass is 79.9. The Hall–Kier alpha value is -1.62. The molecule has 4 atom stereocenters. The topological polar surface area (TPSA) is 55.4 Å². The number of carbonyl (C=O) groups excluding carboxylic acids is 2. The highest BCUT2D eigenvalue weighted by Gasteiger charge is 2.52. The van der Waals surface area contributed by atoms with E-state index < -0.39 is 0 Å². The normalized spacial score (nSPS) is 29.4. The summed E-state index contributed by atoms with van der Waals surface area (Å²) in [6.45, 7) is 0. The van der Waals surface area contributed by atoms with Gasteiger partial charge in [0.05, 0.1) is 18.9 Å². The van der Waals surface area contributed by atoms with Gasteiger partial charge in [-0.1, -0.05) is 34.1 Å². The molecule has 0 spiro atoms. The maximum absolute atomic E-state index is 12.6. The van der Waals surface area contributed by atoms with Crippen molar-refractivity contribution in [3.05, 3.63) is 40.9 Å². The Morgan fingerprint density at radius 3 is 2.62 bits per heavy atom. The average Bonchev–Trinajstić information content (AvgIpc) is 3.07. The summed E-state index contributed by atoms with van der Waals surface area (Å²) >= 11 is 3.38. The summed E-state index contributed by atoms with van der Waals surface area (Å²) in [5.74, 6) is -0.850. The molecule has 1 fully saturated rings. The molecular formula is C16H16BrNO3. The largest absolute Gasteiger partial charge is 0.469 e. The van der Waals surface area contributed by atoms with E-state index in [1.807, 2.05) is 30.3 Å². The van der Waals surface area contributed by atoms with E-state index in [1.165, 1.54) is 7.11 Å². The monoisotopic (exact) mass is 349 g/mol. The van der Waals surface area contributed by atoms with Gasteiger partial charge in [0.1, 0.15) is 0 Å². The highest BCUT2D eigenvalue weighted by Crippen LogP contribution is 2.48. The van der Waals surface area contributed by atoms with Gasteiger partial charge < -0.3 is 10.1 Å². The van der Waals surface area contributed by atoms with E-state index in [0.717, 1.165) is 16.6 Å². The number of nitrogens with one attached hydrogen (secondary N) is 1. The number of fused-ring (bicyclic) bond motifs is 2. The van der Waals surface area contributed by atoms with Crippen LogP contribution in [-0.2, 0) is 14.3 Å². The van der Waals surface area contributed by atoms with Gasteiger partial charge in [-0.25, -0.2) is 0 Å². The molecule has 1 N–H and O–H groups in total. The van der Waals surface area contributed by atoms with Gasteiger partial charge in [0, 0.05) is 10.2 Å². The van der Waals surface area contributed by atoms with Gasteiger partial charge in [0.2, 0.25) is 5.91 Å². The number of ether oxygens (including phenoxy) is 1. The summed E-state index contributed by atoms with van der Waals surface area (Å²) in [5, 5.41) is 2.91. The van der Waals surface area contributed by atoms with E-state index in [9.17, 15) is 9.59 Å². The molecule has 3 rings (SSSR count). The van der Waals surface area contributed by atoms with Crippen molar-refractivity contribution in [2.75, 3.05) is 12.4 Å². The van der Waals surface area contributed by atoms with Gasteiger partial charge in [-0.15, -0.1) is 0 Å². The van der Waals surface area contributed by atoms with Crippen LogP contribution < -0.4 is 5.32 Å². The van der Waals surface area contributed by atoms with E-state index in [1.54, 1.807) is 0 Å². The van der Waals surface area contributed by atoms with Crippen LogP contribution in [0, 0.1) is 23.7 Å². The van der Waals surface area contributed by atoms with E-state index in [-0.39, 0.29) is 35.5 Å². The Morgan fingerprint density at radius 1 is 1.24 bits per heavy atom. The quantitative estimate of drug-likeness (QED) is 0.674. The lowest BCUT2D eigenvalue weighted by Gasteiger charge is -2.25. The van der Waals surface area contributed by atoms with Crippen molar-refractivity contribution in [1.29, 1.82) is 0 Å². The fraction of sp³-hybridized carbons (Fsp3) is 0.375. The maximum Gasteiger partial charge on any atom is 0.310 e. The summed E-state index contributed by atoms with van der Waals surface area (Å²) in [4.78, 5) is 24.6. The first-order valence-electron chi connectivity index (χ1n) is 6.92. The summed E-state index contributed by atoms with van der Waals surface area (Å²) in [7, 11) is 1.38. The van der Waals surface area contributed by atoms with E-state index in [2.05, 4.69) is 27.3 Å². The van der Waals surface area contributed by atoms with Gasteiger partial charge in [-0.05, 0) is 36.5 Å². The predicted molar refractivity (Wildman–Crippen MR) is 82.5 cm³/mol. The van der Waals surface area contributed by atoms with Gasteiger partial charge in [0.25, 0.3) is 0 Å². The number of esters is 1. The first kappa shape index (κ1) is 14.3. The van der Waals surface area contributed by atoms with Crippen LogP contribution in [0.4, 0.5) is 5.69 Å². The molecule has 0 aliphatic heterocycles. The fourth-order valence-corrected chi connectivity index (χ4v) is 3.83. The second-order valence-corrected chi connectivity index (χ2v) is 6.44. The number of methoxy groups -OCH3 is 1. The summed E-state index contributed by atoms with van der Waals surface area (Å²) in [6.07, 6.45) is 4.95. The molecule has 0 saturated heterocycles. The third kappa shape index (κ3) is 2.62. The Labute approximate surface area is 131 Å². The van der Waals surface area contributed by atoms with Crippen LogP contribution in [0.25, 0.3) is 0 Å². The number of halogens is 1. The highest BCUT2D eigenvalue weighted by molar-refractivity contribution is 9.10. The second kappa shape index (κ2) is 5.64. The molecule has 1 amide bonds. The van der Waals surface area contributed by atoms with Crippen LogP contribution in [0.15, 0.2) is 40.9 Å². The molecule has 1 aromatic rings. The SMILES string of the molecule is COC(=O)[C@@H]1[C@H](C(=O)Nc2cccc(Br)c2)[C@@H]2C=C[C@H]1C2. The van der Waals surface area contributed by atoms with Crippen LogP contribution in [0.5, 0.6) is 0 Å². The van der Waals surface area contributed by atoms with Gasteiger partial charge in [-0.3, -0.25) is 9.59 Å². The second-order valence-electron chi connectivity index (χ2n) is 5.52. The van der Waals surface area contributed by atoms with E-state index >= 15 is 0 Å². The minimum absolute atomic E-state index is 0.111. The molecule has 5 heteroatoms. The van der Waals surface area contributed by atoms with Gasteiger partial charge >= 0.3 is 5.97 Å². The first-order chi connectivity index (χ1) is 10.1. The number of anilines is 1. The van der Waals surface area contributed by atoms with Crippen molar-refractivity contribution in [1.82, 2.24) is 0 Å². The third-order valence-corrected chi connectivity index (χ3v) is 4.82. The molecule has 2 aliphatic carbocycles. The number of carbonyl (C=O) groups is 2. The Kier molecular flexibility index (Phi) is 3.85. The molecule has 0 aromatic heterocycles. The lowest BCUT2D eigenvalue weighted by atomic mass is 9.82. The number of hydrogen-bond acceptors (Lipinski definition) is 3. The van der Waals surface area contributed by atoms with Gasteiger partial charge in [-0.2, -0.15) is 0 Å². The Morgan fingerprint density at radius 2 is 1.95 bits per heavy atom. The molecule has 21 heavy (non-hydrogen) atoms. The predicted octanol–water partition coefficient (Wildman–Crippen LogP) is 3.00. The molecule has 0 unspecified atom stereocenters. The maximum atomic E-state index is 12.6. The standard InChI is InChI=1S/C16H16BrNO3/c1-21-16(20)14-10-6-5-9(7-10)13(14)15(19)18-12-4-2-3-11(17)8-12/h2-6,8-10,13-14H,7H2,1H3,(H,18,19)/t9-,10+,13-,14+/m1/s1. The Bertz CT molecular complexity index is 613. The number of benzene rings is 1. The zero-order chi connectivity index (χ0) is 15.0. The van der Waals surface area contributed by atoms with Crippen LogP contribution in [0.3, 0.4) is 0 Å². The fourth-order valence-electron chi connectivity index (χ4n) is 3.43. The zero-order valence-corrected chi connectivity index (χ0v) is 13.2. The zero-order valence-electron chi connectivity index (χ0n) is 11.6. The van der Waals surface area contributed by atoms with Crippen molar-refractivity contribution in [2.45, 2.75) is 6.42 Å². The van der Waals surface area contributed by atoms with Crippen molar-refractivity contribution < 1.29 is 14.3 Å². The van der Waals surface area contributed by atoms with E-state index in [4.69, 9.17) is 4.74 Å². The third-order valence-electron chi connectivity index (χ3n) is 4.33. The van der Waals surface area contributed by atoms with Crippen molar-refractivity contribution in [2.24, 2.45) is 23.7 Å². The summed E-state index contributed by atoms with van der Waals surface area (Å²) in [5.41, 5.74) is 0.727. The minimum atomic E-state index is -0.364. The smallest absolute Gasteiger partial charge is 0.310 e. The minimum Gasteiger partial charge on any atom is -0.469 e. The van der Waals surface area contributed by atoms with Crippen LogP contribution in [0.1, 0.15) is 6.42 Å². The molecule has 1 aromatic carbocycles. The van der Waals surface area contributed by atoms with Crippen LogP contribution in [-0.4, -0.2) is 19.0 Å². The molecule has 2 bridgehead atoms. The van der Waals surface area contributed by atoms with Gasteiger partial charge in [0.15, 0.2) is 0 Å². The number of amides is 1. The summed E-state index contributed by atoms with van der Waals surface area (Å²) < 4.78 is 5.78. The number of allylic oxidation sites excluding steroid dienone is 2. The van der Waals surface area contributed by atoms with Crippen molar-refractivity contribution in [3.8, 4) is 0 Å². The van der Waals surface area contributed by atoms with Crippen molar-refractivity contribution >= 4 is 33.5 Å².